The van der Waals surface area contributed by atoms with Crippen molar-refractivity contribution < 1.29 is 13.0 Å². The number of nitrogens with zero attached hydrogens (tertiary/aromatic N) is 1. The average Bonchev–Trinajstić information content (AvgIpc) is 2.53. The topological polar surface area (TPSA) is 66.7 Å². The fourth-order valence-corrected chi connectivity index (χ4v) is 2.54. The molecule has 0 radical (unpaired) electrons. The van der Waals surface area contributed by atoms with E-state index in [1.54, 1.807) is 0 Å². The maximum Gasteiger partial charge on any atom is 0.261 e. The lowest BCUT2D eigenvalue weighted by Gasteiger charge is -2.22. The van der Waals surface area contributed by atoms with Gasteiger partial charge in [0.25, 0.3) is 10.1 Å². The molecule has 3 rings (SSSR count). The summed E-state index contributed by atoms with van der Waals surface area (Å²) < 4.78 is 25.9. The summed E-state index contributed by atoms with van der Waals surface area (Å²) in [5, 5.41) is 0. The number of hydrogen-bond acceptors (Lipinski definition) is 3. The molecule has 2 aromatic rings. The molecule has 0 aliphatic carbocycles. The molecule has 1 atom stereocenters. The molecule has 0 bridgehead atoms. The third-order valence-electron chi connectivity index (χ3n) is 3.56. The average molecular weight is 331 g/mol. The quantitative estimate of drug-likeness (QED) is 0.858. The zero-order chi connectivity index (χ0) is 16.9. The van der Waals surface area contributed by atoms with Gasteiger partial charge in [-0.3, -0.25) is 9.55 Å². The third-order valence-corrected chi connectivity index (χ3v) is 3.56. The minimum Gasteiger partial charge on any atom is -0.286 e. The maximum absolute atomic E-state index is 9.19. The van der Waals surface area contributed by atoms with Crippen molar-refractivity contribution in [2.24, 2.45) is 4.99 Å². The largest absolute Gasteiger partial charge is 0.286 e. The molecule has 1 N–H and O–H groups in total. The summed E-state index contributed by atoms with van der Waals surface area (Å²) in [6.45, 7) is 2.21. The van der Waals surface area contributed by atoms with E-state index >= 15 is 0 Å². The summed E-state index contributed by atoms with van der Waals surface area (Å²) in [4.78, 5) is 4.93. The van der Waals surface area contributed by atoms with E-state index in [-0.39, 0.29) is 0 Å². The van der Waals surface area contributed by atoms with Gasteiger partial charge in [0.05, 0.1) is 18.0 Å². The minimum absolute atomic E-state index is 0.426. The van der Waals surface area contributed by atoms with Gasteiger partial charge in [-0.1, -0.05) is 61.5 Å². The van der Waals surface area contributed by atoms with Gasteiger partial charge in [0, 0.05) is 11.1 Å². The maximum atomic E-state index is 9.19. The molecule has 0 fully saturated rings. The van der Waals surface area contributed by atoms with E-state index in [4.69, 9.17) is 9.55 Å². The third kappa shape index (κ3) is 5.30. The molecule has 5 heteroatoms. The van der Waals surface area contributed by atoms with Crippen LogP contribution in [0.1, 0.15) is 30.0 Å². The molecule has 0 amide bonds. The first-order valence-corrected chi connectivity index (χ1v) is 9.37. The van der Waals surface area contributed by atoms with Crippen molar-refractivity contribution >= 4 is 15.8 Å². The predicted molar refractivity (Wildman–Crippen MR) is 93.8 cm³/mol. The van der Waals surface area contributed by atoms with Crippen LogP contribution >= 0.6 is 0 Å². The Bertz CT molecular complexity index is 775. The highest BCUT2D eigenvalue weighted by molar-refractivity contribution is 7.85. The molecular formula is C18H21NO3S. The van der Waals surface area contributed by atoms with Crippen molar-refractivity contribution in [3.05, 3.63) is 71.3 Å². The summed E-state index contributed by atoms with van der Waals surface area (Å²) in [5.74, 6) is 0. The molecule has 1 aliphatic heterocycles. The van der Waals surface area contributed by atoms with Crippen molar-refractivity contribution in [1.82, 2.24) is 0 Å². The lowest BCUT2D eigenvalue weighted by molar-refractivity contribution is 0.490. The Morgan fingerprint density at radius 3 is 2.26 bits per heavy atom. The van der Waals surface area contributed by atoms with Crippen molar-refractivity contribution in [2.45, 2.75) is 25.8 Å². The number of rotatable bonds is 2. The van der Waals surface area contributed by atoms with Gasteiger partial charge in [-0.05, 0) is 18.4 Å². The van der Waals surface area contributed by atoms with Crippen molar-refractivity contribution in [3.8, 4) is 0 Å². The van der Waals surface area contributed by atoms with Crippen LogP contribution < -0.4 is 0 Å². The summed E-state index contributed by atoms with van der Waals surface area (Å²) in [5.41, 5.74) is 5.11. The second kappa shape index (κ2) is 7.53. The van der Waals surface area contributed by atoms with E-state index in [0.29, 0.717) is 12.3 Å². The highest BCUT2D eigenvalue weighted by Gasteiger charge is 2.20. The van der Waals surface area contributed by atoms with Gasteiger partial charge in [-0.15, -0.1) is 0 Å². The van der Waals surface area contributed by atoms with Crippen LogP contribution in [-0.4, -0.2) is 31.0 Å². The molecule has 0 saturated heterocycles. The normalized spacial score (nSPS) is 16.7. The van der Waals surface area contributed by atoms with E-state index in [1.807, 2.05) is 0 Å². The molecule has 23 heavy (non-hydrogen) atoms. The smallest absolute Gasteiger partial charge is 0.261 e. The Hall–Kier alpha value is -1.98. The fraction of sp³-hybridized carbons (Fsp3) is 0.278. The monoisotopic (exact) mass is 331 g/mol. The van der Waals surface area contributed by atoms with Gasteiger partial charge in [-0.2, -0.15) is 8.42 Å². The molecule has 4 nitrogen and oxygen atoms in total. The molecule has 1 unspecified atom stereocenters. The Morgan fingerprint density at radius 2 is 1.65 bits per heavy atom. The summed E-state index contributed by atoms with van der Waals surface area (Å²) in [7, 11) is -3.67. The Balaban J connectivity index is 0.000000338. The number of aliphatic imine (C=N–C) groups is 1. The number of fused-ring (bicyclic) bond motifs is 1. The first kappa shape index (κ1) is 17.4. The molecule has 0 aromatic heterocycles. The van der Waals surface area contributed by atoms with Crippen LogP contribution in [0.5, 0.6) is 0 Å². The SMILES string of the molecule is CCC1Cc2ccccc2C(c2ccccc2)=N1.CS(=O)(=O)O. The van der Waals surface area contributed by atoms with Gasteiger partial charge in [0.15, 0.2) is 0 Å². The molecular weight excluding hydrogens is 310 g/mol. The lowest BCUT2D eigenvalue weighted by Crippen LogP contribution is -2.21. The van der Waals surface area contributed by atoms with Crippen LogP contribution in [-0.2, 0) is 16.5 Å². The second-order valence-electron chi connectivity index (χ2n) is 5.50. The number of benzene rings is 2. The Morgan fingerprint density at radius 1 is 1.09 bits per heavy atom. The number of hydrogen-bond donors (Lipinski definition) is 1. The van der Waals surface area contributed by atoms with Gasteiger partial charge >= 0.3 is 0 Å². The van der Waals surface area contributed by atoms with E-state index in [1.165, 1.54) is 16.7 Å². The highest BCUT2D eigenvalue weighted by atomic mass is 32.2. The fourth-order valence-electron chi connectivity index (χ4n) is 2.54. The molecule has 0 spiro atoms. The van der Waals surface area contributed by atoms with Crippen LogP contribution in [0.3, 0.4) is 0 Å². The summed E-state index contributed by atoms with van der Waals surface area (Å²) in [6.07, 6.45) is 2.89. The van der Waals surface area contributed by atoms with Gasteiger partial charge < -0.3 is 0 Å². The Labute approximate surface area is 137 Å². The lowest BCUT2D eigenvalue weighted by atomic mass is 9.90. The van der Waals surface area contributed by atoms with Crippen molar-refractivity contribution in [2.75, 3.05) is 6.26 Å². The zero-order valence-electron chi connectivity index (χ0n) is 13.3. The zero-order valence-corrected chi connectivity index (χ0v) is 14.1. The Kier molecular flexibility index (Phi) is 5.69. The molecule has 1 aliphatic rings. The van der Waals surface area contributed by atoms with E-state index in [2.05, 4.69) is 61.5 Å². The van der Waals surface area contributed by atoms with Gasteiger partial charge in [0.2, 0.25) is 0 Å². The highest BCUT2D eigenvalue weighted by Crippen LogP contribution is 2.24. The van der Waals surface area contributed by atoms with Crippen molar-refractivity contribution in [3.63, 3.8) is 0 Å². The van der Waals surface area contributed by atoms with Crippen LogP contribution in [0.4, 0.5) is 0 Å². The summed E-state index contributed by atoms with van der Waals surface area (Å²) >= 11 is 0. The molecule has 2 aromatic carbocycles. The van der Waals surface area contributed by atoms with Gasteiger partial charge in [0.1, 0.15) is 0 Å². The summed E-state index contributed by atoms with van der Waals surface area (Å²) in [6, 6.07) is 19.6. The van der Waals surface area contributed by atoms with Crippen LogP contribution in [0.15, 0.2) is 59.6 Å². The van der Waals surface area contributed by atoms with Crippen molar-refractivity contribution in [1.29, 1.82) is 0 Å². The van der Waals surface area contributed by atoms with Gasteiger partial charge in [-0.25, -0.2) is 0 Å². The van der Waals surface area contributed by atoms with Crippen LogP contribution in [0, 0.1) is 0 Å². The minimum atomic E-state index is -3.67. The first-order chi connectivity index (χ1) is 10.9. The molecule has 122 valence electrons. The first-order valence-electron chi connectivity index (χ1n) is 7.52. The van der Waals surface area contributed by atoms with E-state index < -0.39 is 10.1 Å². The van der Waals surface area contributed by atoms with Crippen LogP contribution in [0.2, 0.25) is 0 Å². The second-order valence-corrected chi connectivity index (χ2v) is 6.97. The predicted octanol–water partition coefficient (Wildman–Crippen LogP) is 3.36. The van der Waals surface area contributed by atoms with E-state index in [9.17, 15) is 8.42 Å². The molecule has 1 heterocycles. The van der Waals surface area contributed by atoms with E-state index in [0.717, 1.165) is 18.6 Å². The standard InChI is InChI=1S/C17H17N.CH4O3S/c1-2-15-12-14-10-6-7-11-16(14)17(18-15)13-8-4-3-5-9-13;1-5(2,3)4/h3-11,15H,2,12H2,1H3;1H3,(H,2,3,4). The molecule has 0 saturated carbocycles. The van der Waals surface area contributed by atoms with Crippen LogP contribution in [0.25, 0.3) is 0 Å².